The zero-order chi connectivity index (χ0) is 20.8. The number of carbonyl (C=O) groups excluding carboxylic acids is 3. The predicted octanol–water partition coefficient (Wildman–Crippen LogP) is 0.897. The van der Waals surface area contributed by atoms with Gasteiger partial charge in [-0.25, -0.2) is 4.79 Å². The van der Waals surface area contributed by atoms with Crippen LogP contribution in [0, 0.1) is 0 Å². The monoisotopic (exact) mass is 399 g/mol. The number of fused-ring (bicyclic) bond motifs is 1. The summed E-state index contributed by atoms with van der Waals surface area (Å²) in [4.78, 5) is 37.9. The van der Waals surface area contributed by atoms with Crippen LogP contribution in [0.5, 0.6) is 11.5 Å². The van der Waals surface area contributed by atoms with Crippen molar-refractivity contribution in [2.45, 2.75) is 6.10 Å². The summed E-state index contributed by atoms with van der Waals surface area (Å²) in [5.41, 5.74) is 5.55. The van der Waals surface area contributed by atoms with E-state index < -0.39 is 30.5 Å². The summed E-state index contributed by atoms with van der Waals surface area (Å²) >= 11 is 0. The first-order valence-corrected chi connectivity index (χ1v) is 8.86. The van der Waals surface area contributed by atoms with Gasteiger partial charge in [-0.1, -0.05) is 18.2 Å². The van der Waals surface area contributed by atoms with Crippen molar-refractivity contribution in [1.82, 2.24) is 10.9 Å². The Morgan fingerprint density at radius 2 is 1.83 bits per heavy atom. The highest BCUT2D eigenvalue weighted by Crippen LogP contribution is 2.30. The average Bonchev–Trinajstić information content (AvgIpc) is 2.75. The van der Waals surface area contributed by atoms with Gasteiger partial charge in [0, 0.05) is 19.8 Å². The van der Waals surface area contributed by atoms with Crippen molar-refractivity contribution in [3.05, 3.63) is 54.1 Å². The third-order valence-corrected chi connectivity index (χ3v) is 4.06. The number of anilines is 1. The van der Waals surface area contributed by atoms with Crippen molar-refractivity contribution in [2.24, 2.45) is 0 Å². The Bertz CT molecular complexity index is 915. The second-order valence-corrected chi connectivity index (χ2v) is 6.42. The second-order valence-electron chi connectivity index (χ2n) is 6.42. The minimum atomic E-state index is -0.915. The fraction of sp³-hybridized carbons (Fsp3) is 0.250. The molecule has 0 aromatic heterocycles. The third-order valence-electron chi connectivity index (χ3n) is 4.06. The molecule has 3 rings (SSSR count). The molecule has 9 heteroatoms. The number of para-hydroxylation sites is 2. The summed E-state index contributed by atoms with van der Waals surface area (Å²) in [5, 5.41) is 0. The number of esters is 1. The van der Waals surface area contributed by atoms with E-state index in [4.69, 9.17) is 14.2 Å². The van der Waals surface area contributed by atoms with E-state index in [9.17, 15) is 14.4 Å². The van der Waals surface area contributed by atoms with Gasteiger partial charge in [0.15, 0.2) is 18.1 Å². The van der Waals surface area contributed by atoms with E-state index in [1.807, 2.05) is 25.1 Å². The number of hydrogen-bond donors (Lipinski definition) is 2. The molecular weight excluding hydrogens is 378 g/mol. The molecule has 152 valence electrons. The summed E-state index contributed by atoms with van der Waals surface area (Å²) in [7, 11) is 3.69. The van der Waals surface area contributed by atoms with E-state index in [-0.39, 0.29) is 6.61 Å². The van der Waals surface area contributed by atoms with Crippen LogP contribution in [0.4, 0.5) is 5.69 Å². The number of nitrogens with zero attached hydrogens (tertiary/aromatic N) is 1. The molecule has 2 aromatic carbocycles. The maximum Gasteiger partial charge on any atom is 0.338 e. The van der Waals surface area contributed by atoms with Gasteiger partial charge in [0.1, 0.15) is 6.61 Å². The average molecular weight is 399 g/mol. The Morgan fingerprint density at radius 3 is 2.59 bits per heavy atom. The van der Waals surface area contributed by atoms with E-state index in [0.717, 1.165) is 5.69 Å². The van der Waals surface area contributed by atoms with Crippen molar-refractivity contribution in [2.75, 3.05) is 32.2 Å². The first kappa shape index (κ1) is 20.0. The molecule has 2 amide bonds. The Labute approximate surface area is 167 Å². The first-order chi connectivity index (χ1) is 13.9. The molecule has 0 saturated carbocycles. The van der Waals surface area contributed by atoms with Crippen LogP contribution in [0.25, 0.3) is 0 Å². The molecule has 2 aromatic rings. The van der Waals surface area contributed by atoms with Crippen LogP contribution in [0.2, 0.25) is 0 Å². The summed E-state index contributed by atoms with van der Waals surface area (Å²) in [6, 6.07) is 13.8. The normalized spacial score (nSPS) is 14.5. The van der Waals surface area contributed by atoms with Gasteiger partial charge in [-0.15, -0.1) is 0 Å². The topological polar surface area (TPSA) is 106 Å². The highest BCUT2D eigenvalue weighted by molar-refractivity contribution is 5.92. The number of benzene rings is 2. The van der Waals surface area contributed by atoms with Crippen LogP contribution in [0.3, 0.4) is 0 Å². The molecule has 1 heterocycles. The summed E-state index contributed by atoms with van der Waals surface area (Å²) < 4.78 is 16.0. The summed E-state index contributed by atoms with van der Waals surface area (Å²) in [5.74, 6) is -0.925. The van der Waals surface area contributed by atoms with Gasteiger partial charge in [-0.2, -0.15) is 0 Å². The number of nitrogens with one attached hydrogen (secondary N) is 2. The molecule has 9 nitrogen and oxygen atoms in total. The molecule has 0 bridgehead atoms. The lowest BCUT2D eigenvalue weighted by molar-refractivity contribution is -0.135. The van der Waals surface area contributed by atoms with Gasteiger partial charge in [-0.05, 0) is 30.3 Å². The zero-order valence-electron chi connectivity index (χ0n) is 16.0. The molecule has 1 atom stereocenters. The van der Waals surface area contributed by atoms with Crippen molar-refractivity contribution in [1.29, 1.82) is 0 Å². The molecule has 2 N–H and O–H groups in total. The van der Waals surface area contributed by atoms with Gasteiger partial charge in [-0.3, -0.25) is 20.4 Å². The molecule has 0 aliphatic carbocycles. The summed E-state index contributed by atoms with van der Waals surface area (Å²) in [6.45, 7) is -0.536. The van der Waals surface area contributed by atoms with E-state index in [0.29, 0.717) is 17.1 Å². The van der Waals surface area contributed by atoms with Gasteiger partial charge >= 0.3 is 5.97 Å². The fourth-order valence-corrected chi connectivity index (χ4v) is 2.52. The molecule has 0 saturated heterocycles. The van der Waals surface area contributed by atoms with Gasteiger partial charge < -0.3 is 19.1 Å². The van der Waals surface area contributed by atoms with Crippen LogP contribution < -0.4 is 25.2 Å². The standard InChI is InChI=1S/C20H21N3O6/c1-23(2)14-7-5-6-13(10-14)20(26)28-12-18(24)21-22-19(25)17-11-27-15-8-3-4-9-16(15)29-17/h3-10,17H,11-12H2,1-2H3,(H,21,24)(H,22,25)/t17-/m1/s1. The minimum absolute atomic E-state index is 0.00984. The number of hydrogen-bond acceptors (Lipinski definition) is 7. The molecule has 0 unspecified atom stereocenters. The lowest BCUT2D eigenvalue weighted by atomic mass is 10.2. The lowest BCUT2D eigenvalue weighted by Crippen LogP contribution is -2.51. The molecule has 29 heavy (non-hydrogen) atoms. The zero-order valence-corrected chi connectivity index (χ0v) is 16.0. The Balaban J connectivity index is 1.44. The van der Waals surface area contributed by atoms with E-state index in [1.54, 1.807) is 42.5 Å². The number of carbonyl (C=O) groups is 3. The second kappa shape index (κ2) is 8.96. The van der Waals surface area contributed by atoms with Crippen molar-refractivity contribution < 1.29 is 28.6 Å². The van der Waals surface area contributed by atoms with Crippen LogP contribution in [0.15, 0.2) is 48.5 Å². The fourth-order valence-electron chi connectivity index (χ4n) is 2.52. The van der Waals surface area contributed by atoms with Crippen LogP contribution >= 0.6 is 0 Å². The van der Waals surface area contributed by atoms with Gasteiger partial charge in [0.2, 0.25) is 6.10 Å². The number of rotatable bonds is 5. The maximum atomic E-state index is 12.1. The Kier molecular flexibility index (Phi) is 6.18. The van der Waals surface area contributed by atoms with Crippen LogP contribution in [-0.2, 0) is 14.3 Å². The van der Waals surface area contributed by atoms with Crippen molar-refractivity contribution in [3.63, 3.8) is 0 Å². The molecule has 0 spiro atoms. The van der Waals surface area contributed by atoms with Gasteiger partial charge in [0.05, 0.1) is 5.56 Å². The summed E-state index contributed by atoms with van der Waals surface area (Å²) in [6.07, 6.45) is -0.915. The van der Waals surface area contributed by atoms with E-state index >= 15 is 0 Å². The Hall–Kier alpha value is -3.75. The molecule has 1 aliphatic rings. The lowest BCUT2D eigenvalue weighted by Gasteiger charge is -2.25. The Morgan fingerprint density at radius 1 is 1.07 bits per heavy atom. The molecule has 1 aliphatic heterocycles. The highest BCUT2D eigenvalue weighted by atomic mass is 16.6. The number of hydrazine groups is 1. The molecular formula is C20H21N3O6. The number of amides is 2. The molecule has 0 fully saturated rings. The first-order valence-electron chi connectivity index (χ1n) is 8.86. The maximum absolute atomic E-state index is 12.1. The predicted molar refractivity (Wildman–Crippen MR) is 104 cm³/mol. The third kappa shape index (κ3) is 5.16. The van der Waals surface area contributed by atoms with Crippen molar-refractivity contribution >= 4 is 23.5 Å². The number of ether oxygens (including phenoxy) is 3. The van der Waals surface area contributed by atoms with E-state index in [2.05, 4.69) is 10.9 Å². The SMILES string of the molecule is CN(C)c1cccc(C(=O)OCC(=O)NNC(=O)[C@H]2COc3ccccc3O2)c1. The van der Waals surface area contributed by atoms with Crippen LogP contribution in [0.1, 0.15) is 10.4 Å². The highest BCUT2D eigenvalue weighted by Gasteiger charge is 2.27. The van der Waals surface area contributed by atoms with Crippen LogP contribution in [-0.4, -0.2) is 51.2 Å². The minimum Gasteiger partial charge on any atom is -0.485 e. The quantitative estimate of drug-likeness (QED) is 0.568. The molecule has 0 radical (unpaired) electrons. The van der Waals surface area contributed by atoms with E-state index in [1.165, 1.54) is 0 Å². The largest absolute Gasteiger partial charge is 0.485 e. The van der Waals surface area contributed by atoms with Gasteiger partial charge in [0.25, 0.3) is 11.8 Å². The smallest absolute Gasteiger partial charge is 0.338 e. The van der Waals surface area contributed by atoms with Crippen molar-refractivity contribution in [3.8, 4) is 11.5 Å².